The fourth-order valence-corrected chi connectivity index (χ4v) is 2.28. The van der Waals surface area contributed by atoms with Gasteiger partial charge in [0, 0.05) is 31.5 Å². The van der Waals surface area contributed by atoms with Crippen molar-refractivity contribution >= 4 is 0 Å². The van der Waals surface area contributed by atoms with E-state index < -0.39 is 0 Å². The van der Waals surface area contributed by atoms with Crippen LogP contribution in [-0.2, 0) is 6.54 Å². The van der Waals surface area contributed by atoms with E-state index in [0.717, 1.165) is 6.54 Å². The average molecular weight is 221 g/mol. The molecule has 2 rings (SSSR count). The minimum absolute atomic E-state index is 0.452. The van der Waals surface area contributed by atoms with Gasteiger partial charge >= 0.3 is 0 Å². The minimum Gasteiger partial charge on any atom is -0.353 e. The van der Waals surface area contributed by atoms with E-state index in [1.807, 2.05) is 7.05 Å². The second kappa shape index (κ2) is 5.51. The molecular weight excluding hydrogens is 198 g/mol. The highest BCUT2D eigenvalue weighted by Gasteiger charge is 2.11. The average Bonchev–Trinajstić information content (AvgIpc) is 2.96. The lowest BCUT2D eigenvalue weighted by Crippen LogP contribution is -2.23. The summed E-state index contributed by atoms with van der Waals surface area (Å²) in [4.78, 5) is 2.56. The number of aromatic nitrogens is 1. The summed E-state index contributed by atoms with van der Waals surface area (Å²) in [6.07, 6.45) is 7.22. The van der Waals surface area contributed by atoms with Gasteiger partial charge in [-0.25, -0.2) is 0 Å². The van der Waals surface area contributed by atoms with Crippen molar-refractivity contribution in [1.29, 1.82) is 0 Å². The predicted molar refractivity (Wildman–Crippen MR) is 67.6 cm³/mol. The Bertz CT molecular complexity index is 313. The van der Waals surface area contributed by atoms with Gasteiger partial charge < -0.3 is 14.8 Å². The molecule has 0 saturated carbocycles. The van der Waals surface area contributed by atoms with E-state index in [9.17, 15) is 0 Å². The Morgan fingerprint density at radius 2 is 2.06 bits per heavy atom. The number of hydrogen-bond donors (Lipinski definition) is 1. The van der Waals surface area contributed by atoms with Gasteiger partial charge in [-0.2, -0.15) is 0 Å². The highest BCUT2D eigenvalue weighted by atomic mass is 15.2. The largest absolute Gasteiger partial charge is 0.353 e. The first-order chi connectivity index (χ1) is 7.79. The molecule has 0 spiro atoms. The Morgan fingerprint density at radius 3 is 2.75 bits per heavy atom. The first-order valence-electron chi connectivity index (χ1n) is 6.35. The van der Waals surface area contributed by atoms with Crippen molar-refractivity contribution in [2.45, 2.75) is 32.4 Å². The molecule has 1 atom stereocenters. The summed E-state index contributed by atoms with van der Waals surface area (Å²) in [6, 6.07) is 2.67. The van der Waals surface area contributed by atoms with Gasteiger partial charge in [-0.15, -0.1) is 0 Å². The smallest absolute Gasteiger partial charge is 0.0347 e. The van der Waals surface area contributed by atoms with E-state index in [2.05, 4.69) is 40.2 Å². The molecule has 3 nitrogen and oxygen atoms in total. The van der Waals surface area contributed by atoms with Crippen molar-refractivity contribution in [3.05, 3.63) is 24.0 Å². The molecule has 1 aromatic heterocycles. The Kier molecular flexibility index (Phi) is 4.02. The Hall–Kier alpha value is -0.800. The van der Waals surface area contributed by atoms with E-state index in [-0.39, 0.29) is 0 Å². The van der Waals surface area contributed by atoms with Crippen LogP contribution in [0.3, 0.4) is 0 Å². The lowest BCUT2D eigenvalue weighted by molar-refractivity contribution is 0.322. The maximum Gasteiger partial charge on any atom is 0.0347 e. The van der Waals surface area contributed by atoms with Crippen LogP contribution in [0.1, 0.15) is 31.4 Å². The second-order valence-electron chi connectivity index (χ2n) is 4.74. The van der Waals surface area contributed by atoms with E-state index in [1.165, 1.54) is 38.0 Å². The van der Waals surface area contributed by atoms with Crippen molar-refractivity contribution in [1.82, 2.24) is 14.8 Å². The topological polar surface area (TPSA) is 20.2 Å². The van der Waals surface area contributed by atoms with Gasteiger partial charge in [0.25, 0.3) is 0 Å². The summed E-state index contributed by atoms with van der Waals surface area (Å²) < 4.78 is 2.31. The third kappa shape index (κ3) is 2.86. The number of nitrogens with one attached hydrogen (secondary N) is 1. The Balaban J connectivity index is 1.82. The summed E-state index contributed by atoms with van der Waals surface area (Å²) in [5, 5.41) is 3.27. The summed E-state index contributed by atoms with van der Waals surface area (Å²) >= 11 is 0. The third-order valence-corrected chi connectivity index (χ3v) is 3.58. The molecular formula is C13H23N3. The maximum absolute atomic E-state index is 3.27. The normalized spacial score (nSPS) is 19.1. The van der Waals surface area contributed by atoms with Crippen LogP contribution in [0, 0.1) is 0 Å². The summed E-state index contributed by atoms with van der Waals surface area (Å²) in [6.45, 7) is 7.10. The van der Waals surface area contributed by atoms with Crippen molar-refractivity contribution in [2.24, 2.45) is 0 Å². The maximum atomic E-state index is 3.27. The van der Waals surface area contributed by atoms with Crippen molar-refractivity contribution in [2.75, 3.05) is 26.7 Å². The lowest BCUT2D eigenvalue weighted by Gasteiger charge is -2.14. The third-order valence-electron chi connectivity index (χ3n) is 3.58. The molecule has 1 aliphatic rings. The molecule has 1 unspecified atom stereocenters. The number of nitrogens with zero attached hydrogens (tertiary/aromatic N) is 2. The molecule has 90 valence electrons. The van der Waals surface area contributed by atoms with Crippen molar-refractivity contribution < 1.29 is 0 Å². The molecule has 0 amide bonds. The van der Waals surface area contributed by atoms with Crippen LogP contribution in [0.5, 0.6) is 0 Å². The molecule has 1 aromatic rings. The van der Waals surface area contributed by atoms with Crippen LogP contribution in [-0.4, -0.2) is 36.1 Å². The lowest BCUT2D eigenvalue weighted by atomic mass is 10.2. The molecule has 1 aliphatic heterocycles. The molecule has 3 heteroatoms. The van der Waals surface area contributed by atoms with Crippen LogP contribution in [0.25, 0.3) is 0 Å². The first-order valence-corrected chi connectivity index (χ1v) is 6.35. The fraction of sp³-hybridized carbons (Fsp3) is 0.692. The van der Waals surface area contributed by atoms with Crippen LogP contribution < -0.4 is 5.32 Å². The Morgan fingerprint density at radius 1 is 1.31 bits per heavy atom. The number of hydrogen-bond acceptors (Lipinski definition) is 2. The molecule has 0 radical (unpaired) electrons. The minimum atomic E-state index is 0.452. The molecule has 0 aliphatic carbocycles. The number of rotatable bonds is 5. The van der Waals surface area contributed by atoms with Crippen LogP contribution in [0.2, 0.25) is 0 Å². The van der Waals surface area contributed by atoms with Gasteiger partial charge in [0.1, 0.15) is 0 Å². The molecule has 1 fully saturated rings. The molecule has 0 bridgehead atoms. The molecule has 2 heterocycles. The van der Waals surface area contributed by atoms with Crippen LogP contribution in [0.4, 0.5) is 0 Å². The second-order valence-corrected chi connectivity index (χ2v) is 4.74. The van der Waals surface area contributed by atoms with E-state index in [1.54, 1.807) is 0 Å². The monoisotopic (exact) mass is 221 g/mol. The SMILES string of the molecule is CNC(C)c1ccn(CCN2CCCC2)c1. The van der Waals surface area contributed by atoms with E-state index >= 15 is 0 Å². The van der Waals surface area contributed by atoms with E-state index in [0.29, 0.717) is 6.04 Å². The summed E-state index contributed by atoms with van der Waals surface area (Å²) in [5.74, 6) is 0. The van der Waals surface area contributed by atoms with E-state index in [4.69, 9.17) is 0 Å². The molecule has 1 N–H and O–H groups in total. The standard InChI is InChI=1S/C13H23N3/c1-12(14-2)13-5-8-16(11-13)10-9-15-6-3-4-7-15/h5,8,11-12,14H,3-4,6-7,9-10H2,1-2H3. The van der Waals surface area contributed by atoms with Crippen LogP contribution in [0.15, 0.2) is 18.5 Å². The van der Waals surface area contributed by atoms with Gasteiger partial charge in [-0.1, -0.05) is 0 Å². The van der Waals surface area contributed by atoms with Gasteiger partial charge in [0.05, 0.1) is 0 Å². The molecule has 1 saturated heterocycles. The fourth-order valence-electron chi connectivity index (χ4n) is 2.28. The van der Waals surface area contributed by atoms with Crippen LogP contribution >= 0.6 is 0 Å². The van der Waals surface area contributed by atoms with Crippen molar-refractivity contribution in [3.63, 3.8) is 0 Å². The summed E-state index contributed by atoms with van der Waals surface area (Å²) in [7, 11) is 2.01. The molecule has 0 aromatic carbocycles. The number of likely N-dealkylation sites (tertiary alicyclic amines) is 1. The predicted octanol–water partition coefficient (Wildman–Crippen LogP) is 1.86. The zero-order valence-corrected chi connectivity index (χ0v) is 10.4. The Labute approximate surface area is 98.4 Å². The van der Waals surface area contributed by atoms with Gasteiger partial charge in [0.15, 0.2) is 0 Å². The zero-order chi connectivity index (χ0) is 11.4. The van der Waals surface area contributed by atoms with Crippen molar-refractivity contribution in [3.8, 4) is 0 Å². The van der Waals surface area contributed by atoms with Gasteiger partial charge in [0.2, 0.25) is 0 Å². The highest BCUT2D eigenvalue weighted by Crippen LogP contribution is 2.12. The van der Waals surface area contributed by atoms with Gasteiger partial charge in [-0.05, 0) is 51.5 Å². The quantitative estimate of drug-likeness (QED) is 0.819. The summed E-state index contributed by atoms with van der Waals surface area (Å²) in [5.41, 5.74) is 1.38. The zero-order valence-electron chi connectivity index (χ0n) is 10.4. The van der Waals surface area contributed by atoms with Gasteiger partial charge in [-0.3, -0.25) is 0 Å². The highest BCUT2D eigenvalue weighted by molar-refractivity contribution is 5.14. The first kappa shape index (κ1) is 11.7. The molecule has 16 heavy (non-hydrogen) atoms.